The van der Waals surface area contributed by atoms with E-state index in [-0.39, 0.29) is 23.9 Å². The minimum absolute atomic E-state index is 0.0796. The van der Waals surface area contributed by atoms with Crippen LogP contribution in [0.25, 0.3) is 11.1 Å². The minimum Gasteiger partial charge on any atom is -0.459 e. The minimum atomic E-state index is -0.459. The van der Waals surface area contributed by atoms with Gasteiger partial charge in [0.25, 0.3) is 0 Å². The summed E-state index contributed by atoms with van der Waals surface area (Å²) in [6, 6.07) is 16.8. The van der Waals surface area contributed by atoms with E-state index in [0.29, 0.717) is 6.54 Å². The van der Waals surface area contributed by atoms with Crippen LogP contribution >= 0.6 is 0 Å². The van der Waals surface area contributed by atoms with Crippen LogP contribution in [0.5, 0.6) is 0 Å². The summed E-state index contributed by atoms with van der Waals surface area (Å²) in [5.74, 6) is -0.0873. The van der Waals surface area contributed by atoms with Gasteiger partial charge in [0, 0.05) is 36.4 Å². The lowest BCUT2D eigenvalue weighted by molar-refractivity contribution is -0.157. The first-order chi connectivity index (χ1) is 14.5. The number of nitrogens with two attached hydrogens (primary N) is 1. The number of anilines is 1. The molecule has 31 heavy (non-hydrogen) atoms. The van der Waals surface area contributed by atoms with Crippen molar-refractivity contribution in [1.82, 2.24) is 4.90 Å². The Hall–Kier alpha value is -2.86. The van der Waals surface area contributed by atoms with Crippen molar-refractivity contribution in [2.24, 2.45) is 5.73 Å². The van der Waals surface area contributed by atoms with Gasteiger partial charge in [-0.15, -0.1) is 0 Å². The predicted octanol–water partition coefficient (Wildman–Crippen LogP) is 3.88. The highest BCUT2D eigenvalue weighted by Crippen LogP contribution is 2.27. The number of benzene rings is 2. The van der Waals surface area contributed by atoms with Crippen molar-refractivity contribution < 1.29 is 9.53 Å². The molecule has 0 aromatic heterocycles. The largest absolute Gasteiger partial charge is 0.459 e. The van der Waals surface area contributed by atoms with Crippen LogP contribution in [0.1, 0.15) is 40.2 Å². The van der Waals surface area contributed by atoms with Gasteiger partial charge in [-0.25, -0.2) is 0 Å². The predicted molar refractivity (Wildman–Crippen MR) is 127 cm³/mol. The Labute approximate surface area is 185 Å². The Balaban J connectivity index is 1.65. The quantitative estimate of drug-likeness (QED) is 0.434. The Kier molecular flexibility index (Phi) is 6.70. The van der Waals surface area contributed by atoms with Crippen molar-refractivity contribution in [2.45, 2.75) is 52.3 Å². The van der Waals surface area contributed by atoms with Gasteiger partial charge in [-0.05, 0) is 57.9 Å². The lowest BCUT2D eigenvalue weighted by Crippen LogP contribution is -2.58. The normalized spacial score (nSPS) is 19.8. The average Bonchev–Trinajstić information content (AvgIpc) is 2.69. The molecule has 6 nitrogen and oxygen atoms in total. The van der Waals surface area contributed by atoms with E-state index in [9.17, 15) is 4.79 Å². The summed E-state index contributed by atoms with van der Waals surface area (Å²) in [6.45, 7) is 12.1. The molecule has 1 heterocycles. The van der Waals surface area contributed by atoms with Crippen LogP contribution in [0.4, 0.5) is 5.69 Å². The van der Waals surface area contributed by atoms with Gasteiger partial charge < -0.3 is 15.4 Å². The molecule has 3 rings (SSSR count). The molecule has 1 aliphatic heterocycles. The number of nitrogens with one attached hydrogen (secondary N) is 1. The highest BCUT2D eigenvalue weighted by molar-refractivity contribution is 5.95. The second kappa shape index (κ2) is 9.10. The van der Waals surface area contributed by atoms with E-state index in [1.54, 1.807) is 0 Å². The van der Waals surface area contributed by atoms with Crippen molar-refractivity contribution in [3.63, 3.8) is 0 Å². The van der Waals surface area contributed by atoms with Gasteiger partial charge in [0.05, 0.1) is 6.54 Å². The lowest BCUT2D eigenvalue weighted by atomic mass is 10.0. The number of esters is 1. The summed E-state index contributed by atoms with van der Waals surface area (Å²) < 4.78 is 5.51. The molecule has 2 unspecified atom stereocenters. The Bertz CT molecular complexity index is 904. The molecule has 1 fully saturated rings. The van der Waals surface area contributed by atoms with E-state index in [1.165, 1.54) is 5.69 Å². The summed E-state index contributed by atoms with van der Waals surface area (Å²) in [7, 11) is 0. The van der Waals surface area contributed by atoms with Crippen molar-refractivity contribution in [1.29, 1.82) is 5.41 Å². The van der Waals surface area contributed by atoms with Gasteiger partial charge in [0.1, 0.15) is 11.4 Å². The molecule has 0 saturated carbocycles. The van der Waals surface area contributed by atoms with Crippen LogP contribution < -0.4 is 10.6 Å². The molecule has 0 radical (unpaired) electrons. The second-order valence-corrected chi connectivity index (χ2v) is 9.40. The van der Waals surface area contributed by atoms with Gasteiger partial charge in [-0.3, -0.25) is 15.1 Å². The maximum Gasteiger partial charge on any atom is 0.320 e. The van der Waals surface area contributed by atoms with Crippen molar-refractivity contribution in [3.05, 3.63) is 54.1 Å². The third-order valence-corrected chi connectivity index (χ3v) is 5.59. The molecule has 2 atom stereocenters. The van der Waals surface area contributed by atoms with E-state index in [4.69, 9.17) is 15.9 Å². The number of ether oxygens (including phenoxy) is 1. The zero-order valence-corrected chi connectivity index (χ0v) is 19.2. The average molecular weight is 423 g/mol. The topological polar surface area (TPSA) is 82.7 Å². The SMILES string of the molecule is CC1CN(c2ccc(-c3ccc(C(=N)N)cc3)cc2)CC(C)N1CC(=O)OC(C)(C)C. The van der Waals surface area contributed by atoms with E-state index >= 15 is 0 Å². The van der Waals surface area contributed by atoms with Gasteiger partial charge in [0.2, 0.25) is 0 Å². The van der Waals surface area contributed by atoms with Gasteiger partial charge in [0.15, 0.2) is 0 Å². The standard InChI is InChI=1S/C25H34N4O2/c1-17-14-28(15-18(2)29(17)16-23(30)31-25(3,4)5)22-12-10-20(11-13-22)19-6-8-21(9-7-19)24(26)27/h6-13,17-18H,14-16H2,1-5H3,(H3,26,27). The van der Waals surface area contributed by atoms with E-state index in [0.717, 1.165) is 29.8 Å². The first kappa shape index (κ1) is 22.8. The van der Waals surface area contributed by atoms with Crippen LogP contribution in [0.3, 0.4) is 0 Å². The number of hydrogen-bond acceptors (Lipinski definition) is 5. The molecule has 1 aliphatic rings. The fraction of sp³-hybridized carbons (Fsp3) is 0.440. The Morgan fingerprint density at radius 3 is 1.94 bits per heavy atom. The molecular weight excluding hydrogens is 388 g/mol. The fourth-order valence-electron chi connectivity index (χ4n) is 4.11. The summed E-state index contributed by atoms with van der Waals surface area (Å²) in [4.78, 5) is 16.9. The summed E-state index contributed by atoms with van der Waals surface area (Å²) in [5.41, 5.74) is 9.22. The number of carbonyl (C=O) groups excluding carboxylic acids is 1. The fourth-order valence-corrected chi connectivity index (χ4v) is 4.11. The molecule has 2 aromatic carbocycles. The maximum absolute atomic E-state index is 12.3. The molecule has 0 bridgehead atoms. The van der Waals surface area contributed by atoms with Gasteiger partial charge >= 0.3 is 5.97 Å². The second-order valence-electron chi connectivity index (χ2n) is 9.40. The zero-order valence-electron chi connectivity index (χ0n) is 19.2. The van der Waals surface area contributed by atoms with Crippen LogP contribution in [-0.2, 0) is 9.53 Å². The zero-order chi connectivity index (χ0) is 22.8. The van der Waals surface area contributed by atoms with E-state index in [1.807, 2.05) is 45.0 Å². The molecule has 0 aliphatic carbocycles. The van der Waals surface area contributed by atoms with Crippen molar-refractivity contribution >= 4 is 17.5 Å². The first-order valence-electron chi connectivity index (χ1n) is 10.8. The van der Waals surface area contributed by atoms with E-state index < -0.39 is 5.60 Å². The highest BCUT2D eigenvalue weighted by atomic mass is 16.6. The van der Waals surface area contributed by atoms with Crippen molar-refractivity contribution in [3.8, 4) is 11.1 Å². The number of hydrogen-bond donors (Lipinski definition) is 2. The first-order valence-corrected chi connectivity index (χ1v) is 10.8. The van der Waals surface area contributed by atoms with Gasteiger partial charge in [-0.1, -0.05) is 36.4 Å². The summed E-state index contributed by atoms with van der Waals surface area (Å²) >= 11 is 0. The third kappa shape index (κ3) is 5.85. The number of rotatable bonds is 5. The van der Waals surface area contributed by atoms with Crippen LogP contribution in [-0.4, -0.2) is 54.0 Å². The smallest absolute Gasteiger partial charge is 0.320 e. The summed E-state index contributed by atoms with van der Waals surface area (Å²) in [5, 5.41) is 7.52. The molecule has 6 heteroatoms. The Morgan fingerprint density at radius 2 is 1.48 bits per heavy atom. The molecule has 3 N–H and O–H groups in total. The Morgan fingerprint density at radius 1 is 1.00 bits per heavy atom. The molecule has 0 amide bonds. The maximum atomic E-state index is 12.3. The van der Waals surface area contributed by atoms with Gasteiger partial charge in [-0.2, -0.15) is 0 Å². The number of nitrogen functional groups attached to an aromatic ring is 1. The van der Waals surface area contributed by atoms with Crippen LogP contribution in [0.2, 0.25) is 0 Å². The molecule has 166 valence electrons. The van der Waals surface area contributed by atoms with E-state index in [2.05, 4.69) is 47.9 Å². The number of amidine groups is 1. The van der Waals surface area contributed by atoms with Crippen LogP contribution in [0, 0.1) is 5.41 Å². The molecule has 1 saturated heterocycles. The molecule has 0 spiro atoms. The monoisotopic (exact) mass is 422 g/mol. The number of carbonyl (C=O) groups is 1. The van der Waals surface area contributed by atoms with Crippen LogP contribution in [0.15, 0.2) is 48.5 Å². The molecule has 2 aromatic rings. The number of nitrogens with zero attached hydrogens (tertiary/aromatic N) is 2. The third-order valence-electron chi connectivity index (χ3n) is 5.59. The highest BCUT2D eigenvalue weighted by Gasteiger charge is 2.32. The van der Waals surface area contributed by atoms with Crippen molar-refractivity contribution in [2.75, 3.05) is 24.5 Å². The number of piperazine rings is 1. The molecular formula is C25H34N4O2. The lowest BCUT2D eigenvalue weighted by Gasteiger charge is -2.45. The summed E-state index contributed by atoms with van der Waals surface area (Å²) in [6.07, 6.45) is 0.